The van der Waals surface area contributed by atoms with E-state index < -0.39 is 11.6 Å². The van der Waals surface area contributed by atoms with E-state index in [0.29, 0.717) is 0 Å². The van der Waals surface area contributed by atoms with Crippen molar-refractivity contribution in [2.75, 3.05) is 0 Å². The van der Waals surface area contributed by atoms with Crippen molar-refractivity contribution < 1.29 is 19.4 Å². The van der Waals surface area contributed by atoms with E-state index in [9.17, 15) is 9.90 Å². The lowest BCUT2D eigenvalue weighted by Gasteiger charge is -2.17. The Balaban J connectivity index is 2.30. The Hall–Kier alpha value is -1.81. The van der Waals surface area contributed by atoms with Crippen LogP contribution >= 0.6 is 0 Å². The third kappa shape index (κ3) is 1.92. The molecular formula is C12H12O4. The predicted octanol–water partition coefficient (Wildman–Crippen LogP) is 1.81. The van der Waals surface area contributed by atoms with Crippen molar-refractivity contribution in [2.45, 2.75) is 18.9 Å². The average molecular weight is 220 g/mol. The van der Waals surface area contributed by atoms with Gasteiger partial charge >= 0.3 is 5.97 Å². The molecule has 2 rings (SSSR count). The molecule has 1 aromatic carbocycles. The van der Waals surface area contributed by atoms with Gasteiger partial charge in [-0.15, -0.1) is 0 Å². The minimum atomic E-state index is -1.74. The van der Waals surface area contributed by atoms with Crippen molar-refractivity contribution in [3.63, 3.8) is 0 Å². The summed E-state index contributed by atoms with van der Waals surface area (Å²) >= 11 is 0. The normalized spacial score (nSPS) is 14.9. The summed E-state index contributed by atoms with van der Waals surface area (Å²) < 4.78 is 5.17. The largest absolute Gasteiger partial charge is 0.479 e. The highest BCUT2D eigenvalue weighted by Crippen LogP contribution is 2.20. The van der Waals surface area contributed by atoms with E-state index >= 15 is 0 Å². The van der Waals surface area contributed by atoms with Crippen LogP contribution in [-0.4, -0.2) is 21.8 Å². The van der Waals surface area contributed by atoms with Crippen molar-refractivity contribution in [3.8, 4) is 0 Å². The molecule has 1 heterocycles. The number of hydrogen-bond acceptors (Lipinski definition) is 3. The van der Waals surface area contributed by atoms with Gasteiger partial charge in [0.1, 0.15) is 5.58 Å². The van der Waals surface area contributed by atoms with Crippen LogP contribution in [0.4, 0.5) is 0 Å². The number of aliphatic carboxylic acids is 1. The standard InChI is InChI=1S/C12H12O4/c1-12(15,11(13)14)7-8-2-3-10-9(6-8)4-5-16-10/h2-6,15H,7H2,1H3,(H,13,14). The van der Waals surface area contributed by atoms with Crippen molar-refractivity contribution in [1.82, 2.24) is 0 Å². The van der Waals surface area contributed by atoms with Crippen molar-refractivity contribution >= 4 is 16.9 Å². The van der Waals surface area contributed by atoms with Crippen LogP contribution in [0.15, 0.2) is 34.9 Å². The first-order valence-corrected chi connectivity index (χ1v) is 4.91. The van der Waals surface area contributed by atoms with Crippen LogP contribution in [0, 0.1) is 0 Å². The van der Waals surface area contributed by atoms with Crippen LogP contribution in [0.5, 0.6) is 0 Å². The monoisotopic (exact) mass is 220 g/mol. The number of benzene rings is 1. The Labute approximate surface area is 92.1 Å². The van der Waals surface area contributed by atoms with E-state index in [1.807, 2.05) is 6.07 Å². The highest BCUT2D eigenvalue weighted by atomic mass is 16.4. The second-order valence-corrected chi connectivity index (χ2v) is 4.05. The van der Waals surface area contributed by atoms with Gasteiger partial charge in [-0.2, -0.15) is 0 Å². The molecular weight excluding hydrogens is 208 g/mol. The van der Waals surface area contributed by atoms with E-state index in [1.165, 1.54) is 6.92 Å². The first-order chi connectivity index (χ1) is 7.49. The van der Waals surface area contributed by atoms with Gasteiger partial charge in [-0.25, -0.2) is 4.79 Å². The number of aliphatic hydroxyl groups is 1. The molecule has 4 nitrogen and oxygen atoms in total. The maximum Gasteiger partial charge on any atom is 0.335 e. The lowest BCUT2D eigenvalue weighted by Crippen LogP contribution is -2.37. The molecule has 0 fully saturated rings. The summed E-state index contributed by atoms with van der Waals surface area (Å²) in [5, 5.41) is 19.4. The lowest BCUT2D eigenvalue weighted by molar-refractivity contribution is -0.156. The third-order valence-corrected chi connectivity index (χ3v) is 2.53. The quantitative estimate of drug-likeness (QED) is 0.827. The highest BCUT2D eigenvalue weighted by molar-refractivity contribution is 5.79. The Morgan fingerprint density at radius 2 is 2.19 bits per heavy atom. The first kappa shape index (κ1) is 10.7. The van der Waals surface area contributed by atoms with Crippen molar-refractivity contribution in [1.29, 1.82) is 0 Å². The molecule has 0 saturated heterocycles. The van der Waals surface area contributed by atoms with Gasteiger partial charge in [-0.3, -0.25) is 0 Å². The molecule has 1 atom stereocenters. The number of rotatable bonds is 3. The number of hydrogen-bond donors (Lipinski definition) is 2. The predicted molar refractivity (Wildman–Crippen MR) is 58.2 cm³/mol. The van der Waals surface area contributed by atoms with Crippen molar-refractivity contribution in [2.24, 2.45) is 0 Å². The first-order valence-electron chi connectivity index (χ1n) is 4.91. The van der Waals surface area contributed by atoms with Crippen LogP contribution in [0.2, 0.25) is 0 Å². The van der Waals surface area contributed by atoms with Gasteiger partial charge < -0.3 is 14.6 Å². The van der Waals surface area contributed by atoms with Crippen LogP contribution < -0.4 is 0 Å². The van der Waals surface area contributed by atoms with Gasteiger partial charge in [-0.1, -0.05) is 6.07 Å². The van der Waals surface area contributed by atoms with Gasteiger partial charge in [0, 0.05) is 11.8 Å². The van der Waals surface area contributed by atoms with Crippen LogP contribution in [0.3, 0.4) is 0 Å². The Morgan fingerprint density at radius 3 is 2.88 bits per heavy atom. The Morgan fingerprint density at radius 1 is 1.44 bits per heavy atom. The zero-order valence-electron chi connectivity index (χ0n) is 8.80. The topological polar surface area (TPSA) is 70.7 Å². The molecule has 0 aliphatic carbocycles. The minimum Gasteiger partial charge on any atom is -0.479 e. The molecule has 2 aromatic rings. The summed E-state index contributed by atoms with van der Waals surface area (Å²) in [5.41, 5.74) is -0.225. The summed E-state index contributed by atoms with van der Waals surface area (Å²) in [6.07, 6.45) is 1.65. The Bertz CT molecular complexity index is 525. The molecule has 0 saturated carbocycles. The smallest absolute Gasteiger partial charge is 0.335 e. The van der Waals surface area contributed by atoms with E-state index in [-0.39, 0.29) is 6.42 Å². The molecule has 0 radical (unpaired) electrons. The number of carboxylic acids is 1. The van der Waals surface area contributed by atoms with E-state index in [1.54, 1.807) is 24.5 Å². The molecule has 0 spiro atoms. The zero-order chi connectivity index (χ0) is 11.8. The fourth-order valence-corrected chi connectivity index (χ4v) is 1.60. The molecule has 2 N–H and O–H groups in total. The zero-order valence-corrected chi connectivity index (χ0v) is 8.80. The maximum absolute atomic E-state index is 10.8. The number of carboxylic acid groups (broad SMARTS) is 1. The molecule has 4 heteroatoms. The van der Waals surface area contributed by atoms with Gasteiger partial charge in [0.25, 0.3) is 0 Å². The minimum absolute atomic E-state index is 0.0729. The summed E-state index contributed by atoms with van der Waals surface area (Å²) in [4.78, 5) is 10.8. The third-order valence-electron chi connectivity index (χ3n) is 2.53. The average Bonchev–Trinajstić information content (AvgIpc) is 2.63. The van der Waals surface area contributed by atoms with E-state index in [0.717, 1.165) is 16.5 Å². The SMILES string of the molecule is CC(O)(Cc1ccc2occc2c1)C(=O)O. The van der Waals surface area contributed by atoms with Gasteiger partial charge in [0.2, 0.25) is 0 Å². The van der Waals surface area contributed by atoms with Crippen LogP contribution in [-0.2, 0) is 11.2 Å². The van der Waals surface area contributed by atoms with Gasteiger partial charge in [-0.05, 0) is 30.7 Å². The lowest BCUT2D eigenvalue weighted by atomic mass is 9.96. The molecule has 0 amide bonds. The summed E-state index contributed by atoms with van der Waals surface area (Å²) in [6, 6.07) is 7.14. The second kappa shape index (κ2) is 3.64. The van der Waals surface area contributed by atoms with Crippen LogP contribution in [0.25, 0.3) is 11.0 Å². The number of fused-ring (bicyclic) bond motifs is 1. The molecule has 0 aliphatic rings. The van der Waals surface area contributed by atoms with Gasteiger partial charge in [0.05, 0.1) is 6.26 Å². The molecule has 0 bridgehead atoms. The summed E-state index contributed by atoms with van der Waals surface area (Å²) in [5.74, 6) is -1.22. The molecule has 16 heavy (non-hydrogen) atoms. The summed E-state index contributed by atoms with van der Waals surface area (Å²) in [7, 11) is 0. The fraction of sp³-hybridized carbons (Fsp3) is 0.250. The van der Waals surface area contributed by atoms with Gasteiger partial charge in [0.15, 0.2) is 5.60 Å². The highest BCUT2D eigenvalue weighted by Gasteiger charge is 2.29. The second-order valence-electron chi connectivity index (χ2n) is 4.05. The number of carbonyl (C=O) groups is 1. The molecule has 0 aliphatic heterocycles. The number of furan rings is 1. The van der Waals surface area contributed by atoms with E-state index in [2.05, 4.69) is 0 Å². The summed E-state index contributed by atoms with van der Waals surface area (Å²) in [6.45, 7) is 1.29. The van der Waals surface area contributed by atoms with Crippen LogP contribution in [0.1, 0.15) is 12.5 Å². The fourth-order valence-electron chi connectivity index (χ4n) is 1.60. The molecule has 1 unspecified atom stereocenters. The molecule has 84 valence electrons. The Kier molecular flexibility index (Phi) is 2.44. The molecule has 1 aromatic heterocycles. The van der Waals surface area contributed by atoms with E-state index in [4.69, 9.17) is 9.52 Å². The van der Waals surface area contributed by atoms with Crippen molar-refractivity contribution in [3.05, 3.63) is 36.1 Å². The maximum atomic E-state index is 10.8.